The van der Waals surface area contributed by atoms with Crippen molar-refractivity contribution in [2.45, 2.75) is 0 Å². The van der Waals surface area contributed by atoms with Crippen LogP contribution in [0.15, 0.2) is 42.5 Å². The highest BCUT2D eigenvalue weighted by Gasteiger charge is 2.13. The van der Waals surface area contributed by atoms with E-state index in [1.54, 1.807) is 24.3 Å². The summed E-state index contributed by atoms with van der Waals surface area (Å²) in [6.07, 6.45) is 0. The lowest BCUT2D eigenvalue weighted by atomic mass is 10.2. The number of hydrogen-bond acceptors (Lipinski definition) is 5. The Bertz CT molecular complexity index is 864. The Morgan fingerprint density at radius 1 is 1.07 bits per heavy atom. The van der Waals surface area contributed by atoms with Crippen LogP contribution in [0, 0.1) is 0 Å². The van der Waals surface area contributed by atoms with E-state index in [4.69, 9.17) is 44.9 Å². The predicted octanol–water partition coefficient (Wildman–Crippen LogP) is 2.72. The van der Waals surface area contributed by atoms with Crippen LogP contribution in [0.3, 0.4) is 0 Å². The Kier molecular flexibility index (Phi) is 7.66. The molecule has 0 aliphatic heterocycles. The Labute approximate surface area is 170 Å². The Morgan fingerprint density at radius 3 is 2.44 bits per heavy atom. The Morgan fingerprint density at radius 2 is 1.78 bits per heavy atom. The highest BCUT2D eigenvalue weighted by Crippen LogP contribution is 2.25. The van der Waals surface area contributed by atoms with Gasteiger partial charge in [0.15, 0.2) is 23.2 Å². The van der Waals surface area contributed by atoms with Crippen LogP contribution >= 0.6 is 35.4 Å². The third-order valence-corrected chi connectivity index (χ3v) is 3.90. The van der Waals surface area contributed by atoms with Crippen molar-refractivity contribution in [1.82, 2.24) is 16.2 Å². The van der Waals surface area contributed by atoms with E-state index in [9.17, 15) is 9.59 Å². The summed E-state index contributed by atoms with van der Waals surface area (Å²) in [6, 6.07) is 11.3. The van der Waals surface area contributed by atoms with Gasteiger partial charge in [0, 0.05) is 5.02 Å². The van der Waals surface area contributed by atoms with Crippen molar-refractivity contribution in [1.29, 1.82) is 0 Å². The van der Waals surface area contributed by atoms with Gasteiger partial charge in [-0.15, -0.1) is 0 Å². The molecule has 0 bridgehead atoms. The second kappa shape index (κ2) is 9.96. The molecule has 0 heterocycles. The SMILES string of the molecule is COc1ccccc1OCC(=O)NNC(=S)NC(=O)c1ccc(Cl)cc1Cl. The van der Waals surface area contributed by atoms with Crippen LogP contribution in [0.2, 0.25) is 10.0 Å². The topological polar surface area (TPSA) is 88.7 Å². The van der Waals surface area contributed by atoms with Crippen LogP contribution < -0.4 is 25.6 Å². The number of carbonyl (C=O) groups excluding carboxylic acids is 2. The van der Waals surface area contributed by atoms with Crippen molar-refractivity contribution in [3.8, 4) is 11.5 Å². The third-order valence-electron chi connectivity index (χ3n) is 3.15. The van der Waals surface area contributed by atoms with Gasteiger partial charge in [0.05, 0.1) is 17.7 Å². The highest BCUT2D eigenvalue weighted by atomic mass is 35.5. The van der Waals surface area contributed by atoms with Crippen LogP contribution in [0.1, 0.15) is 10.4 Å². The van der Waals surface area contributed by atoms with Crippen molar-refractivity contribution in [3.05, 3.63) is 58.1 Å². The van der Waals surface area contributed by atoms with E-state index < -0.39 is 11.8 Å². The second-order valence-corrected chi connectivity index (χ2v) is 6.27. The molecular formula is C17H15Cl2N3O4S. The highest BCUT2D eigenvalue weighted by molar-refractivity contribution is 7.80. The molecule has 0 fully saturated rings. The normalized spacial score (nSPS) is 9.89. The summed E-state index contributed by atoms with van der Waals surface area (Å²) in [5, 5.41) is 2.85. The molecule has 0 aliphatic rings. The first-order valence-corrected chi connectivity index (χ1v) is 8.68. The number of thiocarbonyl (C=S) groups is 1. The monoisotopic (exact) mass is 427 g/mol. The third kappa shape index (κ3) is 6.28. The molecular weight excluding hydrogens is 413 g/mol. The summed E-state index contributed by atoms with van der Waals surface area (Å²) >= 11 is 16.7. The van der Waals surface area contributed by atoms with Gasteiger partial charge in [-0.25, -0.2) is 0 Å². The Hall–Kier alpha value is -2.55. The van der Waals surface area contributed by atoms with E-state index in [0.29, 0.717) is 16.5 Å². The number of amides is 2. The van der Waals surface area contributed by atoms with Gasteiger partial charge < -0.3 is 9.47 Å². The number of methoxy groups -OCH3 is 1. The van der Waals surface area contributed by atoms with E-state index >= 15 is 0 Å². The maximum absolute atomic E-state index is 12.1. The number of ether oxygens (including phenoxy) is 2. The molecule has 0 radical (unpaired) electrons. The van der Waals surface area contributed by atoms with E-state index in [0.717, 1.165) is 0 Å². The van der Waals surface area contributed by atoms with Crippen LogP contribution in [0.4, 0.5) is 0 Å². The quantitative estimate of drug-likeness (QED) is 0.502. The smallest absolute Gasteiger partial charge is 0.276 e. The summed E-state index contributed by atoms with van der Waals surface area (Å²) in [4.78, 5) is 23.9. The van der Waals surface area contributed by atoms with E-state index in [1.165, 1.54) is 25.3 Å². The van der Waals surface area contributed by atoms with Gasteiger partial charge >= 0.3 is 0 Å². The molecule has 0 spiro atoms. The van der Waals surface area contributed by atoms with E-state index in [-0.39, 0.29) is 22.3 Å². The lowest BCUT2D eigenvalue weighted by Gasteiger charge is -2.13. The molecule has 0 saturated carbocycles. The van der Waals surface area contributed by atoms with Gasteiger partial charge in [-0.2, -0.15) is 0 Å². The van der Waals surface area contributed by atoms with Gasteiger partial charge in [-0.05, 0) is 42.5 Å². The van der Waals surface area contributed by atoms with Crippen molar-refractivity contribution in [2.24, 2.45) is 0 Å². The number of para-hydroxylation sites is 2. The van der Waals surface area contributed by atoms with Crippen LogP contribution in [0.25, 0.3) is 0 Å². The Balaban J connectivity index is 1.79. The number of halogens is 2. The number of benzene rings is 2. The van der Waals surface area contributed by atoms with Crippen LogP contribution in [-0.2, 0) is 4.79 Å². The fourth-order valence-electron chi connectivity index (χ4n) is 1.92. The van der Waals surface area contributed by atoms with Crippen LogP contribution in [-0.4, -0.2) is 30.6 Å². The molecule has 27 heavy (non-hydrogen) atoms. The fraction of sp³-hybridized carbons (Fsp3) is 0.118. The molecule has 7 nitrogen and oxygen atoms in total. The lowest BCUT2D eigenvalue weighted by molar-refractivity contribution is -0.123. The minimum Gasteiger partial charge on any atom is -0.493 e. The average molecular weight is 428 g/mol. The first kappa shape index (κ1) is 20.8. The number of rotatable bonds is 5. The maximum Gasteiger partial charge on any atom is 0.276 e. The maximum atomic E-state index is 12.1. The van der Waals surface area contributed by atoms with Gasteiger partial charge in [0.25, 0.3) is 11.8 Å². The summed E-state index contributed by atoms with van der Waals surface area (Å²) in [5.74, 6) is -0.139. The predicted molar refractivity (Wildman–Crippen MR) is 106 cm³/mol. The van der Waals surface area contributed by atoms with Crippen molar-refractivity contribution in [3.63, 3.8) is 0 Å². The van der Waals surface area contributed by atoms with Crippen molar-refractivity contribution < 1.29 is 19.1 Å². The van der Waals surface area contributed by atoms with Gasteiger partial charge in [0.1, 0.15) is 0 Å². The van der Waals surface area contributed by atoms with Crippen molar-refractivity contribution >= 4 is 52.3 Å². The standard InChI is InChI=1S/C17H15Cl2N3O4S/c1-25-13-4-2-3-5-14(13)26-9-15(23)21-22-17(27)20-16(24)11-7-6-10(18)8-12(11)19/h2-8H,9H2,1H3,(H,21,23)(H2,20,22,24,27). The van der Waals surface area contributed by atoms with Gasteiger partial charge in [-0.1, -0.05) is 35.3 Å². The molecule has 142 valence electrons. The molecule has 0 unspecified atom stereocenters. The molecule has 2 aromatic rings. The summed E-state index contributed by atoms with van der Waals surface area (Å²) in [5.41, 5.74) is 4.90. The first-order chi connectivity index (χ1) is 12.9. The summed E-state index contributed by atoms with van der Waals surface area (Å²) in [6.45, 7) is -0.285. The summed E-state index contributed by atoms with van der Waals surface area (Å²) in [7, 11) is 1.50. The second-order valence-electron chi connectivity index (χ2n) is 5.02. The molecule has 2 amide bonds. The lowest BCUT2D eigenvalue weighted by Crippen LogP contribution is -2.49. The molecule has 0 saturated heterocycles. The number of hydrogen-bond donors (Lipinski definition) is 3. The van der Waals surface area contributed by atoms with Crippen molar-refractivity contribution in [2.75, 3.05) is 13.7 Å². The molecule has 2 rings (SSSR count). The minimum atomic E-state index is -0.548. The molecule has 0 aromatic heterocycles. The number of hydrazine groups is 1. The fourth-order valence-corrected chi connectivity index (χ4v) is 2.56. The average Bonchev–Trinajstić information content (AvgIpc) is 2.64. The molecule has 0 aliphatic carbocycles. The zero-order valence-electron chi connectivity index (χ0n) is 14.0. The number of carbonyl (C=O) groups is 2. The minimum absolute atomic E-state index is 0.114. The van der Waals surface area contributed by atoms with Gasteiger partial charge in [-0.3, -0.25) is 25.8 Å². The zero-order chi connectivity index (χ0) is 19.8. The molecule has 10 heteroatoms. The summed E-state index contributed by atoms with van der Waals surface area (Å²) < 4.78 is 10.5. The van der Waals surface area contributed by atoms with E-state index in [1.807, 2.05) is 0 Å². The molecule has 0 atom stereocenters. The number of nitrogens with one attached hydrogen (secondary N) is 3. The van der Waals surface area contributed by atoms with Crippen LogP contribution in [0.5, 0.6) is 11.5 Å². The zero-order valence-corrected chi connectivity index (χ0v) is 16.4. The first-order valence-electron chi connectivity index (χ1n) is 7.51. The van der Waals surface area contributed by atoms with E-state index in [2.05, 4.69) is 16.2 Å². The molecule has 3 N–H and O–H groups in total. The van der Waals surface area contributed by atoms with Gasteiger partial charge in [0.2, 0.25) is 0 Å². The largest absolute Gasteiger partial charge is 0.493 e. The molecule has 2 aromatic carbocycles.